The zero-order valence-electron chi connectivity index (χ0n) is 18.0. The first-order chi connectivity index (χ1) is 14.2. The Balaban J connectivity index is 1.70. The van der Waals surface area contributed by atoms with E-state index < -0.39 is 0 Å². The lowest BCUT2D eigenvalue weighted by Crippen LogP contribution is -2.22. The maximum absolute atomic E-state index is 6.18. The smallest absolute Gasteiger partial charge is 0.209 e. The molecule has 2 aromatic heterocycles. The maximum atomic E-state index is 6.18. The highest BCUT2D eigenvalue weighted by atomic mass is 16.5. The summed E-state index contributed by atoms with van der Waals surface area (Å²) in [6, 6.07) is 6.27. The molecule has 3 aromatic rings. The van der Waals surface area contributed by atoms with Crippen LogP contribution in [0.5, 0.6) is 5.75 Å². The normalized spacial score (nSPS) is 15.4. The van der Waals surface area contributed by atoms with Crippen LogP contribution in [-0.4, -0.2) is 34.7 Å². The lowest BCUT2D eigenvalue weighted by atomic mass is 9.89. The zero-order chi connectivity index (χ0) is 20.2. The molecule has 0 radical (unpaired) electrons. The van der Waals surface area contributed by atoms with E-state index in [2.05, 4.69) is 52.7 Å². The SMILES string of the molecule is CCN(CC)Cc1ncc(-c2cn(CC3CCCCC3)c3c(OC)cccc23)o1. The third kappa shape index (κ3) is 4.20. The molecular formula is C24H33N3O2. The number of benzene rings is 1. The predicted molar refractivity (Wildman–Crippen MR) is 117 cm³/mol. The first kappa shape index (κ1) is 20.0. The minimum atomic E-state index is 0.741. The Hall–Kier alpha value is -2.27. The van der Waals surface area contributed by atoms with Gasteiger partial charge in [-0.3, -0.25) is 4.90 Å². The van der Waals surface area contributed by atoms with Crippen LogP contribution in [0.1, 0.15) is 51.8 Å². The van der Waals surface area contributed by atoms with Crippen LogP contribution in [0, 0.1) is 5.92 Å². The molecule has 156 valence electrons. The van der Waals surface area contributed by atoms with E-state index in [1.807, 2.05) is 6.20 Å². The number of aromatic nitrogens is 2. The molecule has 0 aliphatic heterocycles. The zero-order valence-corrected chi connectivity index (χ0v) is 18.0. The van der Waals surface area contributed by atoms with Crippen LogP contribution in [0.15, 0.2) is 35.0 Å². The summed E-state index contributed by atoms with van der Waals surface area (Å²) in [6.45, 7) is 8.10. The Kier molecular flexibility index (Phi) is 6.24. The van der Waals surface area contributed by atoms with Crippen LogP contribution < -0.4 is 4.74 Å². The van der Waals surface area contributed by atoms with E-state index in [1.165, 1.54) is 37.5 Å². The Bertz CT molecular complexity index is 933. The van der Waals surface area contributed by atoms with Gasteiger partial charge in [0.15, 0.2) is 5.76 Å². The summed E-state index contributed by atoms with van der Waals surface area (Å²) in [6.07, 6.45) is 10.8. The molecule has 5 heteroatoms. The van der Waals surface area contributed by atoms with Crippen molar-refractivity contribution in [1.82, 2.24) is 14.5 Å². The molecule has 0 unspecified atom stereocenters. The van der Waals surface area contributed by atoms with E-state index in [9.17, 15) is 0 Å². The number of nitrogens with zero attached hydrogens (tertiary/aromatic N) is 3. The van der Waals surface area contributed by atoms with Crippen LogP contribution in [-0.2, 0) is 13.1 Å². The molecule has 0 spiro atoms. The van der Waals surface area contributed by atoms with Crippen molar-refractivity contribution < 1.29 is 9.15 Å². The van der Waals surface area contributed by atoms with Gasteiger partial charge in [0.25, 0.3) is 0 Å². The number of hydrogen-bond donors (Lipinski definition) is 0. The van der Waals surface area contributed by atoms with E-state index in [-0.39, 0.29) is 0 Å². The number of ether oxygens (including phenoxy) is 1. The van der Waals surface area contributed by atoms with E-state index in [4.69, 9.17) is 9.15 Å². The van der Waals surface area contributed by atoms with Crippen molar-refractivity contribution in [3.05, 3.63) is 36.5 Å². The monoisotopic (exact) mass is 395 g/mol. The third-order valence-corrected chi connectivity index (χ3v) is 6.33. The van der Waals surface area contributed by atoms with Crippen LogP contribution >= 0.6 is 0 Å². The molecule has 1 aliphatic carbocycles. The van der Waals surface area contributed by atoms with Crippen molar-refractivity contribution in [2.24, 2.45) is 5.92 Å². The van der Waals surface area contributed by atoms with Gasteiger partial charge in [-0.05, 0) is 37.9 Å². The van der Waals surface area contributed by atoms with Crippen LogP contribution in [0.25, 0.3) is 22.2 Å². The molecule has 0 amide bonds. The fourth-order valence-corrected chi connectivity index (χ4v) is 4.63. The fourth-order valence-electron chi connectivity index (χ4n) is 4.63. The van der Waals surface area contributed by atoms with Crippen molar-refractivity contribution in [1.29, 1.82) is 0 Å². The second-order valence-corrected chi connectivity index (χ2v) is 8.14. The van der Waals surface area contributed by atoms with Gasteiger partial charge in [-0.25, -0.2) is 4.98 Å². The summed E-state index contributed by atoms with van der Waals surface area (Å²) in [5, 5.41) is 1.17. The summed E-state index contributed by atoms with van der Waals surface area (Å²) in [4.78, 5) is 6.86. The summed E-state index contributed by atoms with van der Waals surface area (Å²) in [5.74, 6) is 3.28. The number of oxazole rings is 1. The lowest BCUT2D eigenvalue weighted by molar-refractivity contribution is 0.264. The molecule has 5 nitrogen and oxygen atoms in total. The summed E-state index contributed by atoms with van der Waals surface area (Å²) in [5.41, 5.74) is 2.27. The molecule has 0 bridgehead atoms. The second kappa shape index (κ2) is 9.04. The molecule has 2 heterocycles. The molecule has 4 rings (SSSR count). The van der Waals surface area contributed by atoms with E-state index in [0.717, 1.165) is 60.6 Å². The Morgan fingerprint density at radius 2 is 1.97 bits per heavy atom. The summed E-state index contributed by atoms with van der Waals surface area (Å²) >= 11 is 0. The number of methoxy groups -OCH3 is 1. The van der Waals surface area contributed by atoms with Gasteiger partial charge < -0.3 is 13.7 Å². The largest absolute Gasteiger partial charge is 0.495 e. The van der Waals surface area contributed by atoms with E-state index >= 15 is 0 Å². The van der Waals surface area contributed by atoms with E-state index in [0.29, 0.717) is 0 Å². The molecule has 1 aromatic carbocycles. The van der Waals surface area contributed by atoms with Gasteiger partial charge in [-0.2, -0.15) is 0 Å². The quantitative estimate of drug-likeness (QED) is 0.489. The van der Waals surface area contributed by atoms with Gasteiger partial charge in [0.2, 0.25) is 5.89 Å². The predicted octanol–water partition coefficient (Wildman–Crippen LogP) is 5.73. The van der Waals surface area contributed by atoms with Gasteiger partial charge in [0, 0.05) is 23.7 Å². The van der Waals surface area contributed by atoms with Crippen molar-refractivity contribution in [3.8, 4) is 17.1 Å². The number of rotatable bonds is 8. The molecule has 29 heavy (non-hydrogen) atoms. The molecule has 1 aliphatic rings. The van der Waals surface area contributed by atoms with Crippen molar-refractivity contribution in [3.63, 3.8) is 0 Å². The maximum Gasteiger partial charge on any atom is 0.209 e. The highest BCUT2D eigenvalue weighted by Gasteiger charge is 2.21. The molecule has 0 saturated heterocycles. The third-order valence-electron chi connectivity index (χ3n) is 6.33. The highest BCUT2D eigenvalue weighted by Crippen LogP contribution is 2.37. The second-order valence-electron chi connectivity index (χ2n) is 8.14. The Morgan fingerprint density at radius 3 is 2.69 bits per heavy atom. The van der Waals surface area contributed by atoms with Gasteiger partial charge >= 0.3 is 0 Å². The van der Waals surface area contributed by atoms with Crippen LogP contribution in [0.3, 0.4) is 0 Å². The molecular weight excluding hydrogens is 362 g/mol. The van der Waals surface area contributed by atoms with Crippen molar-refractivity contribution >= 4 is 10.9 Å². The number of hydrogen-bond acceptors (Lipinski definition) is 4. The minimum absolute atomic E-state index is 0.741. The van der Waals surface area contributed by atoms with Gasteiger partial charge in [0.05, 0.1) is 25.4 Å². The first-order valence-corrected chi connectivity index (χ1v) is 11.1. The first-order valence-electron chi connectivity index (χ1n) is 11.1. The van der Waals surface area contributed by atoms with Gasteiger partial charge in [-0.15, -0.1) is 0 Å². The minimum Gasteiger partial charge on any atom is -0.495 e. The average Bonchev–Trinajstić information content (AvgIpc) is 3.37. The topological polar surface area (TPSA) is 43.4 Å². The van der Waals surface area contributed by atoms with Gasteiger partial charge in [0.1, 0.15) is 5.75 Å². The lowest BCUT2D eigenvalue weighted by Gasteiger charge is -2.22. The number of fused-ring (bicyclic) bond motifs is 1. The van der Waals surface area contributed by atoms with Crippen LogP contribution in [0.2, 0.25) is 0 Å². The molecule has 0 N–H and O–H groups in total. The van der Waals surface area contributed by atoms with Gasteiger partial charge in [-0.1, -0.05) is 45.2 Å². The van der Waals surface area contributed by atoms with Crippen LogP contribution in [0.4, 0.5) is 0 Å². The fraction of sp³-hybridized carbons (Fsp3) is 0.542. The summed E-state index contributed by atoms with van der Waals surface area (Å²) < 4.78 is 14.3. The summed E-state index contributed by atoms with van der Waals surface area (Å²) in [7, 11) is 1.75. The van der Waals surface area contributed by atoms with Crippen molar-refractivity contribution in [2.45, 2.75) is 59.0 Å². The van der Waals surface area contributed by atoms with Crippen molar-refractivity contribution in [2.75, 3.05) is 20.2 Å². The van der Waals surface area contributed by atoms with E-state index in [1.54, 1.807) is 7.11 Å². The Labute approximate surface area is 173 Å². The average molecular weight is 396 g/mol. The molecule has 0 atom stereocenters. The Morgan fingerprint density at radius 1 is 1.17 bits per heavy atom. The highest BCUT2D eigenvalue weighted by molar-refractivity contribution is 5.98. The standard InChI is InChI=1S/C24H33N3O2/c1-4-26(5-2)17-23-25-14-22(29-23)20-16-27(15-18-10-7-6-8-11-18)24-19(20)12-9-13-21(24)28-3/h9,12-14,16,18H,4-8,10-11,15,17H2,1-3H3. The molecule has 1 saturated carbocycles. The molecule has 1 fully saturated rings. The number of para-hydroxylation sites is 1.